The molecule has 0 spiro atoms. The zero-order valence-electron chi connectivity index (χ0n) is 11.2. The highest BCUT2D eigenvalue weighted by atomic mass is 35.5. The van der Waals surface area contributed by atoms with Crippen LogP contribution in [0.4, 0.5) is 5.88 Å². The molecule has 4 rings (SSSR count). The van der Waals surface area contributed by atoms with E-state index in [1.165, 1.54) is 11.1 Å². The SMILES string of the molecule is Nc1onc(C2Cc3ccccc32)c1-c1ccc(Cl)cc1. The summed E-state index contributed by atoms with van der Waals surface area (Å²) < 4.78 is 5.25. The third-order valence-corrected chi connectivity index (χ3v) is 4.31. The van der Waals surface area contributed by atoms with Crippen LogP contribution in [0.2, 0.25) is 5.02 Å². The molecule has 1 unspecified atom stereocenters. The maximum Gasteiger partial charge on any atom is 0.230 e. The van der Waals surface area contributed by atoms with Gasteiger partial charge in [-0.1, -0.05) is 53.2 Å². The first kappa shape index (κ1) is 12.5. The fourth-order valence-electron chi connectivity index (χ4n) is 2.96. The van der Waals surface area contributed by atoms with Gasteiger partial charge in [0.1, 0.15) is 5.69 Å². The van der Waals surface area contributed by atoms with Crippen LogP contribution in [0.3, 0.4) is 0 Å². The summed E-state index contributed by atoms with van der Waals surface area (Å²) in [5.41, 5.74) is 11.4. The van der Waals surface area contributed by atoms with Crippen LogP contribution in [0.25, 0.3) is 11.1 Å². The van der Waals surface area contributed by atoms with E-state index in [-0.39, 0.29) is 5.92 Å². The van der Waals surface area contributed by atoms with Crippen molar-refractivity contribution in [3.8, 4) is 11.1 Å². The molecule has 0 radical (unpaired) electrons. The average Bonchev–Trinajstić information content (AvgIpc) is 2.83. The summed E-state index contributed by atoms with van der Waals surface area (Å²) in [4.78, 5) is 0. The molecule has 21 heavy (non-hydrogen) atoms. The lowest BCUT2D eigenvalue weighted by molar-refractivity contribution is 0.420. The van der Waals surface area contributed by atoms with E-state index in [1.54, 1.807) is 0 Å². The molecule has 2 aromatic carbocycles. The Bertz CT molecular complexity index is 808. The van der Waals surface area contributed by atoms with Gasteiger partial charge in [-0.3, -0.25) is 0 Å². The Kier molecular flexibility index (Phi) is 2.76. The Morgan fingerprint density at radius 1 is 1.10 bits per heavy atom. The van der Waals surface area contributed by atoms with Gasteiger partial charge in [0, 0.05) is 10.9 Å². The first-order chi connectivity index (χ1) is 10.2. The first-order valence-corrected chi connectivity index (χ1v) is 7.20. The van der Waals surface area contributed by atoms with E-state index >= 15 is 0 Å². The fourth-order valence-corrected chi connectivity index (χ4v) is 3.09. The molecule has 0 bridgehead atoms. The molecule has 104 valence electrons. The second-order valence-electron chi connectivity index (χ2n) is 5.27. The van der Waals surface area contributed by atoms with E-state index in [9.17, 15) is 0 Å². The van der Waals surface area contributed by atoms with E-state index in [0.29, 0.717) is 10.9 Å². The molecule has 1 aromatic heterocycles. The van der Waals surface area contributed by atoms with Crippen molar-refractivity contribution in [2.45, 2.75) is 12.3 Å². The van der Waals surface area contributed by atoms with E-state index in [2.05, 4.69) is 29.4 Å². The van der Waals surface area contributed by atoms with Crippen LogP contribution in [-0.4, -0.2) is 5.16 Å². The largest absolute Gasteiger partial charge is 0.367 e. The van der Waals surface area contributed by atoms with Gasteiger partial charge >= 0.3 is 0 Å². The lowest BCUT2D eigenvalue weighted by Crippen LogP contribution is -2.18. The van der Waals surface area contributed by atoms with Gasteiger partial charge in [-0.05, 0) is 35.2 Å². The Morgan fingerprint density at radius 2 is 1.86 bits per heavy atom. The molecule has 3 nitrogen and oxygen atoms in total. The molecular formula is C17H13ClN2O. The third kappa shape index (κ3) is 1.93. The van der Waals surface area contributed by atoms with Crippen LogP contribution in [0, 0.1) is 0 Å². The minimum absolute atomic E-state index is 0.257. The number of halogens is 1. The standard InChI is InChI=1S/C17H13ClN2O/c18-12-7-5-10(6-8-12)15-16(20-21-17(15)19)14-9-11-3-1-2-4-13(11)14/h1-8,14H,9,19H2. The molecule has 1 aliphatic carbocycles. The number of nitrogens with two attached hydrogens (primary N) is 1. The van der Waals surface area contributed by atoms with Crippen molar-refractivity contribution in [3.63, 3.8) is 0 Å². The molecule has 2 N–H and O–H groups in total. The molecule has 1 heterocycles. The molecule has 0 saturated heterocycles. The van der Waals surface area contributed by atoms with Crippen molar-refractivity contribution in [2.24, 2.45) is 0 Å². The minimum atomic E-state index is 0.257. The van der Waals surface area contributed by atoms with Crippen molar-refractivity contribution in [3.05, 3.63) is 70.4 Å². The predicted molar refractivity (Wildman–Crippen MR) is 83.4 cm³/mol. The van der Waals surface area contributed by atoms with Crippen molar-refractivity contribution in [1.82, 2.24) is 5.16 Å². The number of nitrogens with zero attached hydrogens (tertiary/aromatic N) is 1. The second kappa shape index (κ2) is 4.64. The van der Waals surface area contributed by atoms with Gasteiger partial charge in [-0.25, -0.2) is 0 Å². The number of hydrogen-bond acceptors (Lipinski definition) is 3. The molecular weight excluding hydrogens is 284 g/mol. The van der Waals surface area contributed by atoms with Crippen molar-refractivity contribution in [1.29, 1.82) is 0 Å². The van der Waals surface area contributed by atoms with Gasteiger partial charge in [0.2, 0.25) is 5.88 Å². The maximum atomic E-state index is 5.99. The lowest BCUT2D eigenvalue weighted by atomic mass is 9.74. The smallest absolute Gasteiger partial charge is 0.230 e. The molecule has 0 fully saturated rings. The number of aromatic nitrogens is 1. The van der Waals surface area contributed by atoms with Crippen LogP contribution < -0.4 is 5.73 Å². The van der Waals surface area contributed by atoms with Gasteiger partial charge in [0.15, 0.2) is 0 Å². The first-order valence-electron chi connectivity index (χ1n) is 6.83. The summed E-state index contributed by atoms with van der Waals surface area (Å²) in [7, 11) is 0. The fraction of sp³-hybridized carbons (Fsp3) is 0.118. The van der Waals surface area contributed by atoms with E-state index in [0.717, 1.165) is 23.2 Å². The van der Waals surface area contributed by atoms with Crippen molar-refractivity contribution >= 4 is 17.5 Å². The Balaban J connectivity index is 1.81. The van der Waals surface area contributed by atoms with E-state index in [4.69, 9.17) is 21.9 Å². The van der Waals surface area contributed by atoms with Crippen molar-refractivity contribution in [2.75, 3.05) is 5.73 Å². The van der Waals surface area contributed by atoms with Crippen LogP contribution >= 0.6 is 11.6 Å². The molecule has 4 heteroatoms. The maximum absolute atomic E-state index is 5.99. The van der Waals surface area contributed by atoms with Crippen LogP contribution in [0.1, 0.15) is 22.7 Å². The van der Waals surface area contributed by atoms with E-state index < -0.39 is 0 Å². The zero-order valence-corrected chi connectivity index (χ0v) is 12.0. The van der Waals surface area contributed by atoms with Gasteiger partial charge < -0.3 is 10.3 Å². The highest BCUT2D eigenvalue weighted by molar-refractivity contribution is 6.30. The molecule has 1 aliphatic rings. The molecule has 1 atom stereocenters. The highest BCUT2D eigenvalue weighted by Gasteiger charge is 2.33. The highest BCUT2D eigenvalue weighted by Crippen LogP contribution is 2.44. The normalized spacial score (nSPS) is 16.3. The number of fused-ring (bicyclic) bond motifs is 1. The van der Waals surface area contributed by atoms with Crippen LogP contribution in [0.5, 0.6) is 0 Å². The number of hydrogen-bond donors (Lipinski definition) is 1. The summed E-state index contributed by atoms with van der Waals surface area (Å²) in [6.07, 6.45) is 0.975. The van der Waals surface area contributed by atoms with Gasteiger partial charge in [0.05, 0.1) is 5.56 Å². The molecule has 0 amide bonds. The summed E-state index contributed by atoms with van der Waals surface area (Å²) >= 11 is 5.95. The summed E-state index contributed by atoms with van der Waals surface area (Å²) in [5.74, 6) is 0.615. The van der Waals surface area contributed by atoms with Crippen LogP contribution in [-0.2, 0) is 6.42 Å². The Morgan fingerprint density at radius 3 is 2.62 bits per heavy atom. The molecule has 0 saturated carbocycles. The predicted octanol–water partition coefficient (Wildman–Crippen LogP) is 4.27. The van der Waals surface area contributed by atoms with E-state index in [1.807, 2.05) is 24.3 Å². The lowest BCUT2D eigenvalue weighted by Gasteiger charge is -2.29. The summed E-state index contributed by atoms with van der Waals surface area (Å²) in [6.45, 7) is 0. The van der Waals surface area contributed by atoms with Gasteiger partial charge in [0.25, 0.3) is 0 Å². The Labute approximate surface area is 127 Å². The Hall–Kier alpha value is -2.26. The summed E-state index contributed by atoms with van der Waals surface area (Å²) in [5, 5.41) is 4.90. The van der Waals surface area contributed by atoms with Crippen LogP contribution in [0.15, 0.2) is 53.1 Å². The topological polar surface area (TPSA) is 52.0 Å². The molecule has 3 aromatic rings. The quantitative estimate of drug-likeness (QED) is 0.768. The van der Waals surface area contributed by atoms with Crippen molar-refractivity contribution < 1.29 is 4.52 Å². The number of rotatable bonds is 2. The average molecular weight is 297 g/mol. The number of nitrogen functional groups attached to an aromatic ring is 1. The number of benzene rings is 2. The zero-order chi connectivity index (χ0) is 14.4. The molecule has 0 aliphatic heterocycles. The van der Waals surface area contributed by atoms with Gasteiger partial charge in [-0.2, -0.15) is 0 Å². The second-order valence-corrected chi connectivity index (χ2v) is 5.71. The third-order valence-electron chi connectivity index (χ3n) is 4.06. The summed E-state index contributed by atoms with van der Waals surface area (Å²) in [6, 6.07) is 16.0. The van der Waals surface area contributed by atoms with Gasteiger partial charge in [-0.15, -0.1) is 0 Å². The number of anilines is 1. The minimum Gasteiger partial charge on any atom is -0.367 e. The monoisotopic (exact) mass is 296 g/mol.